The summed E-state index contributed by atoms with van der Waals surface area (Å²) < 4.78 is 4.55. The molecule has 1 aliphatic carbocycles. The van der Waals surface area contributed by atoms with Gasteiger partial charge in [-0.15, -0.1) is 21.5 Å². The maximum atomic E-state index is 13.8. The van der Waals surface area contributed by atoms with Crippen LogP contribution in [0.25, 0.3) is 21.7 Å². The van der Waals surface area contributed by atoms with Crippen molar-refractivity contribution in [3.05, 3.63) is 85.4 Å². The molecule has 2 aromatic carbocycles. The largest absolute Gasteiger partial charge is 0.293 e. The van der Waals surface area contributed by atoms with E-state index < -0.39 is 0 Å². The molecule has 0 aliphatic heterocycles. The van der Waals surface area contributed by atoms with Gasteiger partial charge in [-0.2, -0.15) is 0 Å². The fourth-order valence-corrected chi connectivity index (χ4v) is 7.00. The molecule has 0 amide bonds. The van der Waals surface area contributed by atoms with Crippen molar-refractivity contribution >= 4 is 60.8 Å². The van der Waals surface area contributed by atoms with Gasteiger partial charge in [0.25, 0.3) is 5.56 Å². The zero-order valence-corrected chi connectivity index (χ0v) is 21.3. The topological polar surface area (TPSA) is 69.3 Å². The molecule has 0 bridgehead atoms. The van der Waals surface area contributed by atoms with E-state index in [2.05, 4.69) is 26.1 Å². The standard InChI is InChI=1S/C25H19BrN4O2S2/c26-16-12-10-15(11-13-16)19(31)14-33-25-28-27-24-29(17-6-2-1-3-7-17)22(32)21-18-8-4-5-9-20(18)34-23(21)30(24)25/h1-3,6-7,10-13H,4-5,8-9,14H2. The van der Waals surface area contributed by atoms with Gasteiger partial charge in [0.2, 0.25) is 5.78 Å². The summed E-state index contributed by atoms with van der Waals surface area (Å²) in [5.74, 6) is 0.729. The summed E-state index contributed by atoms with van der Waals surface area (Å²) in [7, 11) is 0. The molecule has 6 rings (SSSR count). The Balaban J connectivity index is 1.51. The van der Waals surface area contributed by atoms with Crippen molar-refractivity contribution in [1.29, 1.82) is 0 Å². The van der Waals surface area contributed by atoms with E-state index in [1.807, 2.05) is 59.0 Å². The van der Waals surface area contributed by atoms with Crippen LogP contribution in [-0.2, 0) is 12.8 Å². The first kappa shape index (κ1) is 21.8. The van der Waals surface area contributed by atoms with Crippen molar-refractivity contribution in [2.45, 2.75) is 30.8 Å². The van der Waals surface area contributed by atoms with E-state index in [0.29, 0.717) is 16.5 Å². The smallest absolute Gasteiger partial charge is 0.268 e. The average molecular weight is 551 g/mol. The molecule has 0 spiro atoms. The molecule has 3 aromatic heterocycles. The van der Waals surface area contributed by atoms with E-state index in [0.717, 1.165) is 46.1 Å². The molecule has 1 aliphatic rings. The zero-order valence-electron chi connectivity index (χ0n) is 18.0. The summed E-state index contributed by atoms with van der Waals surface area (Å²) >= 11 is 6.42. The molecule has 0 N–H and O–H groups in total. The first-order valence-electron chi connectivity index (χ1n) is 11.0. The Morgan fingerprint density at radius 2 is 1.79 bits per heavy atom. The molecule has 3 heterocycles. The third-order valence-electron chi connectivity index (χ3n) is 6.10. The number of carbonyl (C=O) groups excluding carboxylic acids is 1. The van der Waals surface area contributed by atoms with Gasteiger partial charge < -0.3 is 0 Å². The summed E-state index contributed by atoms with van der Waals surface area (Å²) in [6.45, 7) is 0. The number of hydrogen-bond acceptors (Lipinski definition) is 6. The number of halogens is 1. The summed E-state index contributed by atoms with van der Waals surface area (Å²) in [6, 6.07) is 16.9. The van der Waals surface area contributed by atoms with Gasteiger partial charge in [0.05, 0.1) is 16.8 Å². The third-order valence-corrected chi connectivity index (χ3v) is 8.84. The lowest BCUT2D eigenvalue weighted by Gasteiger charge is -2.12. The van der Waals surface area contributed by atoms with Gasteiger partial charge in [0, 0.05) is 14.9 Å². The number of Topliss-reactive ketones (excluding diaryl/α,β-unsaturated/α-hetero) is 1. The monoisotopic (exact) mass is 550 g/mol. The second-order valence-electron chi connectivity index (χ2n) is 8.20. The van der Waals surface area contributed by atoms with E-state index in [1.165, 1.54) is 22.2 Å². The second-order valence-corrected chi connectivity index (χ2v) is 11.1. The molecule has 0 atom stereocenters. The number of carbonyl (C=O) groups is 1. The SMILES string of the molecule is O=C(CSc1nnc2n(-c3ccccc3)c(=O)c3c4c(sc3n12)CCCC4)c1ccc(Br)cc1. The molecule has 0 radical (unpaired) electrons. The van der Waals surface area contributed by atoms with Crippen LogP contribution >= 0.6 is 39.0 Å². The van der Waals surface area contributed by atoms with Crippen molar-refractivity contribution < 1.29 is 4.79 Å². The highest BCUT2D eigenvalue weighted by atomic mass is 79.9. The number of hydrogen-bond donors (Lipinski definition) is 0. The average Bonchev–Trinajstić information content (AvgIpc) is 3.45. The number of thioether (sulfide) groups is 1. The maximum absolute atomic E-state index is 13.8. The molecule has 170 valence electrons. The highest BCUT2D eigenvalue weighted by Crippen LogP contribution is 2.36. The molecule has 9 heteroatoms. The van der Waals surface area contributed by atoms with Gasteiger partial charge in [-0.05, 0) is 55.5 Å². The predicted octanol–water partition coefficient (Wildman–Crippen LogP) is 5.71. The normalized spacial score (nSPS) is 13.4. The molecule has 5 aromatic rings. The number of benzene rings is 2. The van der Waals surface area contributed by atoms with E-state index in [1.54, 1.807) is 15.9 Å². The minimum absolute atomic E-state index is 0.0207. The van der Waals surface area contributed by atoms with Crippen LogP contribution in [0.2, 0.25) is 0 Å². The molecule has 0 saturated heterocycles. The van der Waals surface area contributed by atoms with E-state index in [9.17, 15) is 9.59 Å². The predicted molar refractivity (Wildman–Crippen MR) is 140 cm³/mol. The van der Waals surface area contributed by atoms with Gasteiger partial charge in [-0.25, -0.2) is 8.97 Å². The Hall–Kier alpha value is -2.75. The molecular formula is C25H19BrN4O2S2. The fraction of sp³-hybridized carbons (Fsp3) is 0.200. The fourth-order valence-electron chi connectivity index (χ4n) is 4.47. The van der Waals surface area contributed by atoms with Crippen molar-refractivity contribution in [3.8, 4) is 5.69 Å². The molecule has 0 unspecified atom stereocenters. The minimum atomic E-state index is -0.0528. The van der Waals surface area contributed by atoms with E-state index in [4.69, 9.17) is 0 Å². The summed E-state index contributed by atoms with van der Waals surface area (Å²) in [4.78, 5) is 28.8. The summed E-state index contributed by atoms with van der Waals surface area (Å²) in [5.41, 5.74) is 2.52. The third kappa shape index (κ3) is 3.62. The van der Waals surface area contributed by atoms with Crippen LogP contribution in [0.4, 0.5) is 0 Å². The first-order valence-corrected chi connectivity index (χ1v) is 13.6. The van der Waals surface area contributed by atoms with Crippen LogP contribution in [-0.4, -0.2) is 30.7 Å². The highest BCUT2D eigenvalue weighted by molar-refractivity contribution is 9.10. The maximum Gasteiger partial charge on any atom is 0.268 e. The lowest BCUT2D eigenvalue weighted by Crippen LogP contribution is -2.22. The van der Waals surface area contributed by atoms with Crippen LogP contribution in [0.15, 0.2) is 69.0 Å². The Labute approximate surface area is 211 Å². The van der Waals surface area contributed by atoms with Gasteiger partial charge in [0.15, 0.2) is 10.9 Å². The Morgan fingerprint density at radius 1 is 1.03 bits per heavy atom. The number of para-hydroxylation sites is 1. The molecule has 34 heavy (non-hydrogen) atoms. The number of aromatic nitrogens is 4. The minimum Gasteiger partial charge on any atom is -0.293 e. The van der Waals surface area contributed by atoms with Crippen molar-refractivity contribution in [2.24, 2.45) is 0 Å². The quantitative estimate of drug-likeness (QED) is 0.207. The van der Waals surface area contributed by atoms with Gasteiger partial charge in [-0.1, -0.05) is 58.0 Å². The zero-order chi connectivity index (χ0) is 23.2. The Morgan fingerprint density at radius 3 is 2.59 bits per heavy atom. The summed E-state index contributed by atoms with van der Waals surface area (Å²) in [6.07, 6.45) is 4.14. The van der Waals surface area contributed by atoms with E-state index in [-0.39, 0.29) is 17.1 Å². The van der Waals surface area contributed by atoms with Crippen molar-refractivity contribution in [3.63, 3.8) is 0 Å². The van der Waals surface area contributed by atoms with Crippen molar-refractivity contribution in [1.82, 2.24) is 19.2 Å². The highest BCUT2D eigenvalue weighted by Gasteiger charge is 2.25. The number of ketones is 1. The van der Waals surface area contributed by atoms with Gasteiger partial charge in [0.1, 0.15) is 4.83 Å². The number of nitrogens with zero attached hydrogens (tertiary/aromatic N) is 4. The van der Waals surface area contributed by atoms with E-state index >= 15 is 0 Å². The van der Waals surface area contributed by atoms with Crippen LogP contribution < -0.4 is 5.56 Å². The van der Waals surface area contributed by atoms with Gasteiger partial charge >= 0.3 is 0 Å². The second kappa shape index (κ2) is 8.79. The Bertz CT molecular complexity index is 1600. The van der Waals surface area contributed by atoms with Crippen LogP contribution in [0.3, 0.4) is 0 Å². The summed E-state index contributed by atoms with van der Waals surface area (Å²) in [5, 5.41) is 10.2. The van der Waals surface area contributed by atoms with Crippen LogP contribution in [0, 0.1) is 0 Å². The lowest BCUT2D eigenvalue weighted by molar-refractivity contribution is 0.102. The number of thiophene rings is 1. The Kier molecular flexibility index (Phi) is 5.63. The molecule has 0 fully saturated rings. The number of rotatable bonds is 5. The molecule has 0 saturated carbocycles. The number of aryl methyl sites for hydroxylation is 2. The number of fused-ring (bicyclic) bond motifs is 5. The van der Waals surface area contributed by atoms with Crippen molar-refractivity contribution in [2.75, 3.05) is 5.75 Å². The van der Waals surface area contributed by atoms with Crippen LogP contribution in [0.5, 0.6) is 0 Å². The lowest BCUT2D eigenvalue weighted by atomic mass is 9.97. The molecule has 6 nitrogen and oxygen atoms in total. The first-order chi connectivity index (χ1) is 16.6. The van der Waals surface area contributed by atoms with Crippen LogP contribution in [0.1, 0.15) is 33.6 Å². The van der Waals surface area contributed by atoms with Gasteiger partial charge in [-0.3, -0.25) is 9.59 Å². The molecular weight excluding hydrogens is 532 g/mol.